The molecule has 0 saturated carbocycles. The van der Waals surface area contributed by atoms with Crippen LogP contribution in [0.5, 0.6) is 0 Å². The molecule has 1 atom stereocenters. The predicted octanol–water partition coefficient (Wildman–Crippen LogP) is 3.68. The van der Waals surface area contributed by atoms with E-state index in [-0.39, 0.29) is 17.4 Å². The average Bonchev–Trinajstić information content (AvgIpc) is 2.47. The van der Waals surface area contributed by atoms with Gasteiger partial charge in [-0.3, -0.25) is 20.2 Å². The molecule has 21 heavy (non-hydrogen) atoms. The Morgan fingerprint density at radius 1 is 0.952 bits per heavy atom. The summed E-state index contributed by atoms with van der Waals surface area (Å²) in [5.74, 6) is 0. The minimum absolute atomic E-state index is 0.0101. The van der Waals surface area contributed by atoms with Crippen LogP contribution in [0, 0.1) is 20.2 Å². The number of nitrogens with one attached hydrogen (secondary N) is 1. The van der Waals surface area contributed by atoms with E-state index >= 15 is 0 Å². The number of nitrogens with zero attached hydrogens (tertiary/aromatic N) is 2. The summed E-state index contributed by atoms with van der Waals surface area (Å²) in [7, 11) is 0. The van der Waals surface area contributed by atoms with Crippen LogP contribution in [0.1, 0.15) is 18.5 Å². The van der Waals surface area contributed by atoms with Gasteiger partial charge in [-0.1, -0.05) is 18.2 Å². The second-order valence-corrected chi connectivity index (χ2v) is 4.52. The Balaban J connectivity index is 2.13. The summed E-state index contributed by atoms with van der Waals surface area (Å²) in [5, 5.41) is 24.5. The lowest BCUT2D eigenvalue weighted by atomic mass is 10.1. The van der Waals surface area contributed by atoms with Crippen molar-refractivity contribution in [1.82, 2.24) is 0 Å². The fourth-order valence-corrected chi connectivity index (χ4v) is 1.93. The van der Waals surface area contributed by atoms with Crippen molar-refractivity contribution in [2.24, 2.45) is 0 Å². The van der Waals surface area contributed by atoms with E-state index in [1.807, 2.05) is 6.92 Å². The second-order valence-electron chi connectivity index (χ2n) is 4.52. The SMILES string of the molecule is CC(Nc1cccc([N+](=O)[O-])c1)c1ccc([N+](=O)[O-])cc1. The first kappa shape index (κ1) is 14.4. The zero-order valence-electron chi connectivity index (χ0n) is 11.2. The maximum absolute atomic E-state index is 10.7. The Kier molecular flexibility index (Phi) is 4.13. The predicted molar refractivity (Wildman–Crippen MR) is 78.2 cm³/mol. The molecule has 2 aromatic rings. The number of benzene rings is 2. The van der Waals surface area contributed by atoms with Gasteiger partial charge in [-0.25, -0.2) is 0 Å². The summed E-state index contributed by atoms with van der Waals surface area (Å²) in [6, 6.07) is 12.2. The number of nitro benzene ring substituents is 2. The molecule has 0 aliphatic rings. The van der Waals surface area contributed by atoms with Gasteiger partial charge < -0.3 is 5.32 Å². The van der Waals surface area contributed by atoms with Crippen LogP contribution in [0.4, 0.5) is 17.1 Å². The lowest BCUT2D eigenvalue weighted by Crippen LogP contribution is -2.06. The van der Waals surface area contributed by atoms with E-state index in [1.165, 1.54) is 24.3 Å². The molecule has 0 aromatic heterocycles. The van der Waals surface area contributed by atoms with E-state index in [4.69, 9.17) is 0 Å². The van der Waals surface area contributed by atoms with Gasteiger partial charge in [0.1, 0.15) is 0 Å². The number of nitro groups is 2. The molecule has 0 radical (unpaired) electrons. The van der Waals surface area contributed by atoms with Gasteiger partial charge in [-0.2, -0.15) is 0 Å². The summed E-state index contributed by atoms with van der Waals surface area (Å²) in [6.07, 6.45) is 0. The van der Waals surface area contributed by atoms with E-state index in [9.17, 15) is 20.2 Å². The van der Waals surface area contributed by atoms with Gasteiger partial charge in [-0.15, -0.1) is 0 Å². The van der Waals surface area contributed by atoms with Gasteiger partial charge >= 0.3 is 0 Å². The highest BCUT2D eigenvalue weighted by Crippen LogP contribution is 2.24. The fourth-order valence-electron chi connectivity index (χ4n) is 1.93. The van der Waals surface area contributed by atoms with Crippen LogP contribution in [0.15, 0.2) is 48.5 Å². The summed E-state index contributed by atoms with van der Waals surface area (Å²) < 4.78 is 0. The van der Waals surface area contributed by atoms with Gasteiger partial charge in [0.2, 0.25) is 0 Å². The van der Waals surface area contributed by atoms with Crippen LogP contribution in [0.2, 0.25) is 0 Å². The zero-order chi connectivity index (χ0) is 15.4. The Hall–Kier alpha value is -2.96. The average molecular weight is 287 g/mol. The van der Waals surface area contributed by atoms with Crippen molar-refractivity contribution >= 4 is 17.1 Å². The van der Waals surface area contributed by atoms with Crippen molar-refractivity contribution in [2.75, 3.05) is 5.32 Å². The Morgan fingerprint density at radius 3 is 2.14 bits per heavy atom. The first-order valence-electron chi connectivity index (χ1n) is 6.22. The minimum atomic E-state index is -0.457. The maximum atomic E-state index is 10.7. The second kappa shape index (κ2) is 6.00. The molecule has 0 fully saturated rings. The Labute approximate surface area is 120 Å². The summed E-state index contributed by atoms with van der Waals surface area (Å²) in [4.78, 5) is 20.4. The van der Waals surface area contributed by atoms with Crippen molar-refractivity contribution < 1.29 is 9.85 Å². The van der Waals surface area contributed by atoms with Crippen LogP contribution in [0.25, 0.3) is 0 Å². The standard InChI is InChI=1S/C14H13N3O4/c1-10(11-5-7-13(8-6-11)16(18)19)15-12-3-2-4-14(9-12)17(20)21/h2-10,15H,1H3. The third-order valence-corrected chi connectivity index (χ3v) is 3.04. The molecule has 0 heterocycles. The topological polar surface area (TPSA) is 98.3 Å². The molecular formula is C14H13N3O4. The van der Waals surface area contributed by atoms with E-state index < -0.39 is 9.85 Å². The van der Waals surface area contributed by atoms with E-state index in [0.717, 1.165) is 5.56 Å². The molecular weight excluding hydrogens is 274 g/mol. The van der Waals surface area contributed by atoms with Crippen molar-refractivity contribution in [3.8, 4) is 0 Å². The Morgan fingerprint density at radius 2 is 1.57 bits per heavy atom. The normalized spacial score (nSPS) is 11.7. The lowest BCUT2D eigenvalue weighted by molar-refractivity contribution is -0.385. The molecule has 0 amide bonds. The fraction of sp³-hybridized carbons (Fsp3) is 0.143. The van der Waals surface area contributed by atoms with E-state index in [0.29, 0.717) is 5.69 Å². The minimum Gasteiger partial charge on any atom is -0.378 e. The number of anilines is 1. The Bertz CT molecular complexity index is 670. The van der Waals surface area contributed by atoms with E-state index in [2.05, 4.69) is 5.32 Å². The molecule has 1 unspecified atom stereocenters. The van der Waals surface area contributed by atoms with Crippen LogP contribution < -0.4 is 5.32 Å². The molecule has 2 rings (SSSR count). The number of hydrogen-bond donors (Lipinski definition) is 1. The smallest absolute Gasteiger partial charge is 0.271 e. The summed E-state index contributed by atoms with van der Waals surface area (Å²) >= 11 is 0. The van der Waals surface area contributed by atoms with E-state index in [1.54, 1.807) is 24.3 Å². The molecule has 0 bridgehead atoms. The third-order valence-electron chi connectivity index (χ3n) is 3.04. The van der Waals surface area contributed by atoms with Gasteiger partial charge in [-0.05, 0) is 18.6 Å². The number of non-ortho nitro benzene ring substituents is 2. The zero-order valence-corrected chi connectivity index (χ0v) is 11.2. The quantitative estimate of drug-likeness (QED) is 0.668. The highest BCUT2D eigenvalue weighted by Gasteiger charge is 2.11. The van der Waals surface area contributed by atoms with Crippen LogP contribution in [-0.4, -0.2) is 9.85 Å². The highest BCUT2D eigenvalue weighted by molar-refractivity contribution is 5.52. The van der Waals surface area contributed by atoms with Crippen LogP contribution in [-0.2, 0) is 0 Å². The molecule has 0 saturated heterocycles. The first-order chi connectivity index (χ1) is 9.97. The van der Waals surface area contributed by atoms with Crippen molar-refractivity contribution in [3.05, 3.63) is 74.3 Å². The molecule has 0 aliphatic heterocycles. The number of rotatable bonds is 5. The summed E-state index contributed by atoms with van der Waals surface area (Å²) in [6.45, 7) is 1.88. The van der Waals surface area contributed by atoms with Gasteiger partial charge in [0.15, 0.2) is 0 Å². The maximum Gasteiger partial charge on any atom is 0.271 e. The van der Waals surface area contributed by atoms with Crippen LogP contribution in [0.3, 0.4) is 0 Å². The monoisotopic (exact) mass is 287 g/mol. The van der Waals surface area contributed by atoms with Gasteiger partial charge in [0.05, 0.1) is 9.85 Å². The molecule has 108 valence electrons. The number of hydrogen-bond acceptors (Lipinski definition) is 5. The molecule has 0 aliphatic carbocycles. The van der Waals surface area contributed by atoms with Crippen molar-refractivity contribution in [2.45, 2.75) is 13.0 Å². The molecule has 0 spiro atoms. The molecule has 7 heteroatoms. The molecule has 7 nitrogen and oxygen atoms in total. The molecule has 2 aromatic carbocycles. The third kappa shape index (κ3) is 3.53. The highest BCUT2D eigenvalue weighted by atomic mass is 16.6. The largest absolute Gasteiger partial charge is 0.378 e. The lowest BCUT2D eigenvalue weighted by Gasteiger charge is -2.15. The van der Waals surface area contributed by atoms with Gasteiger partial charge in [0.25, 0.3) is 11.4 Å². The van der Waals surface area contributed by atoms with Crippen molar-refractivity contribution in [1.29, 1.82) is 0 Å². The van der Waals surface area contributed by atoms with Gasteiger partial charge in [0, 0.05) is 36.0 Å². The van der Waals surface area contributed by atoms with Crippen molar-refractivity contribution in [3.63, 3.8) is 0 Å². The summed E-state index contributed by atoms with van der Waals surface area (Å²) in [5.41, 5.74) is 1.51. The van der Waals surface area contributed by atoms with Crippen LogP contribution >= 0.6 is 0 Å². The molecule has 1 N–H and O–H groups in total. The first-order valence-corrected chi connectivity index (χ1v) is 6.22.